The predicted molar refractivity (Wildman–Crippen MR) is 155 cm³/mol. The van der Waals surface area contributed by atoms with Crippen LogP contribution in [0.1, 0.15) is 102 Å². The smallest absolute Gasteiger partial charge is 0.183 e. The molecule has 0 unspecified atom stereocenters. The number of hydrogen-bond donors (Lipinski definition) is 2. The van der Waals surface area contributed by atoms with Crippen LogP contribution in [0.3, 0.4) is 0 Å². The van der Waals surface area contributed by atoms with Gasteiger partial charge in [-0.15, -0.1) is 0 Å². The fraction of sp³-hybridized carbons (Fsp3) is 0.647. The molecule has 4 fully saturated rings. The number of benzene rings is 2. The lowest BCUT2D eigenvalue weighted by molar-refractivity contribution is -0.208. The molecule has 0 aromatic heterocycles. The maximum absolute atomic E-state index is 10.8. The number of hydrogen-bond acceptors (Lipinski definition) is 6. The van der Waals surface area contributed by atoms with Crippen molar-refractivity contribution >= 4 is 0 Å². The Morgan fingerprint density at radius 2 is 0.925 bits per heavy atom. The van der Waals surface area contributed by atoms with E-state index in [0.29, 0.717) is 17.6 Å². The Bertz CT molecular complexity index is 1090. The summed E-state index contributed by atoms with van der Waals surface area (Å²) in [5, 5.41) is 20.0. The fourth-order valence-electron chi connectivity index (χ4n) is 5.67. The van der Waals surface area contributed by atoms with E-state index in [1.807, 2.05) is 12.1 Å². The van der Waals surface area contributed by atoms with Crippen LogP contribution in [0.5, 0.6) is 11.5 Å². The maximum Gasteiger partial charge on any atom is 0.183 e. The first-order valence-corrected chi connectivity index (χ1v) is 15.0. The molecule has 220 valence electrons. The zero-order valence-electron chi connectivity index (χ0n) is 25.1. The van der Waals surface area contributed by atoms with Crippen LogP contribution in [0.25, 0.3) is 0 Å². The summed E-state index contributed by atoms with van der Waals surface area (Å²) in [6.07, 6.45) is 4.74. The summed E-state index contributed by atoms with van der Waals surface area (Å²) in [7, 11) is 0. The van der Waals surface area contributed by atoms with Crippen LogP contribution in [0, 0.1) is 23.7 Å². The molecule has 0 radical (unpaired) electrons. The van der Waals surface area contributed by atoms with Gasteiger partial charge in [-0.25, -0.2) is 0 Å². The number of ether oxygens (including phenoxy) is 4. The number of aromatic hydroxyl groups is 2. The van der Waals surface area contributed by atoms with Gasteiger partial charge < -0.3 is 29.2 Å². The summed E-state index contributed by atoms with van der Waals surface area (Å²) in [5.74, 6) is 3.47. The first-order chi connectivity index (χ1) is 18.9. The standard InChI is InChI=1S/C21H32O3.C13H16O3/c1-20(2,3)16-9-14(10-17(18(16)22)21(4,5)6)19-23-11-15(12-24-19)13-7-8-13;14-12-5-3-10(4-6-12)13-15-7-11(8-16-13)9-1-2-9/h9-10,13,15,19,22H,7-8,11-12H2,1-6H3;3-6,9,11,13-14H,1-2,7-8H2. The second-order valence-corrected chi connectivity index (χ2v) is 14.2. The molecule has 2 aromatic carbocycles. The molecule has 0 spiro atoms. The van der Waals surface area contributed by atoms with E-state index < -0.39 is 0 Å². The minimum atomic E-state index is -0.317. The van der Waals surface area contributed by atoms with Gasteiger partial charge in [-0.3, -0.25) is 0 Å². The minimum absolute atomic E-state index is 0.134. The third kappa shape index (κ3) is 7.20. The second-order valence-electron chi connectivity index (χ2n) is 14.2. The van der Waals surface area contributed by atoms with Crippen LogP contribution < -0.4 is 0 Å². The van der Waals surface area contributed by atoms with Gasteiger partial charge in [-0.2, -0.15) is 0 Å². The summed E-state index contributed by atoms with van der Waals surface area (Å²) in [6.45, 7) is 15.9. The van der Waals surface area contributed by atoms with E-state index in [-0.39, 0.29) is 29.2 Å². The van der Waals surface area contributed by atoms with Crippen molar-refractivity contribution in [2.45, 2.75) is 90.6 Å². The highest BCUT2D eigenvalue weighted by Gasteiger charge is 2.37. The normalized spacial score (nSPS) is 27.6. The third-order valence-electron chi connectivity index (χ3n) is 8.61. The van der Waals surface area contributed by atoms with Gasteiger partial charge in [0.2, 0.25) is 0 Å². The molecule has 0 bridgehead atoms. The van der Waals surface area contributed by atoms with Gasteiger partial charge in [0.05, 0.1) is 26.4 Å². The quantitative estimate of drug-likeness (QED) is 0.408. The molecule has 2 saturated heterocycles. The Morgan fingerprint density at radius 3 is 1.27 bits per heavy atom. The van der Waals surface area contributed by atoms with Gasteiger partial charge in [-0.1, -0.05) is 53.7 Å². The Labute approximate surface area is 240 Å². The summed E-state index contributed by atoms with van der Waals surface area (Å²) in [5.41, 5.74) is 3.66. The Balaban J connectivity index is 0.000000174. The van der Waals surface area contributed by atoms with E-state index in [4.69, 9.17) is 18.9 Å². The Hall–Kier alpha value is -2.12. The van der Waals surface area contributed by atoms with Crippen LogP contribution in [-0.2, 0) is 29.8 Å². The van der Waals surface area contributed by atoms with Gasteiger partial charge in [-0.05, 0) is 83.7 Å². The molecule has 0 amide bonds. The van der Waals surface area contributed by atoms with Crippen LogP contribution in [0.2, 0.25) is 0 Å². The molecule has 2 N–H and O–H groups in total. The molecule has 2 aromatic rings. The van der Waals surface area contributed by atoms with Crippen molar-refractivity contribution in [1.29, 1.82) is 0 Å². The lowest BCUT2D eigenvalue weighted by Gasteiger charge is -2.33. The summed E-state index contributed by atoms with van der Waals surface area (Å²) in [6, 6.07) is 11.1. The predicted octanol–water partition coefficient (Wildman–Crippen LogP) is 7.52. The summed E-state index contributed by atoms with van der Waals surface area (Å²) >= 11 is 0. The highest BCUT2D eigenvalue weighted by molar-refractivity contribution is 5.50. The topological polar surface area (TPSA) is 77.4 Å². The molecule has 6 rings (SSSR count). The van der Waals surface area contributed by atoms with Crippen molar-refractivity contribution in [2.24, 2.45) is 23.7 Å². The zero-order chi connectivity index (χ0) is 28.7. The largest absolute Gasteiger partial charge is 0.508 e. The first kappa shape index (κ1) is 29.4. The van der Waals surface area contributed by atoms with Crippen molar-refractivity contribution in [3.8, 4) is 11.5 Å². The van der Waals surface area contributed by atoms with E-state index in [1.165, 1.54) is 25.7 Å². The first-order valence-electron chi connectivity index (χ1n) is 15.0. The highest BCUT2D eigenvalue weighted by atomic mass is 16.7. The maximum atomic E-state index is 10.8. The zero-order valence-corrected chi connectivity index (χ0v) is 25.1. The average Bonchev–Trinajstić information content (AvgIpc) is 3.82. The van der Waals surface area contributed by atoms with E-state index in [1.54, 1.807) is 12.1 Å². The molecule has 6 heteroatoms. The third-order valence-corrected chi connectivity index (χ3v) is 8.61. The van der Waals surface area contributed by atoms with Crippen LogP contribution >= 0.6 is 0 Å². The van der Waals surface area contributed by atoms with Crippen molar-refractivity contribution in [2.75, 3.05) is 26.4 Å². The molecule has 2 aliphatic heterocycles. The number of phenols is 2. The molecule has 40 heavy (non-hydrogen) atoms. The van der Waals surface area contributed by atoms with Crippen LogP contribution in [0.4, 0.5) is 0 Å². The second kappa shape index (κ2) is 11.6. The molecule has 4 aliphatic rings. The Kier molecular flexibility index (Phi) is 8.54. The van der Waals surface area contributed by atoms with Crippen molar-refractivity contribution in [3.63, 3.8) is 0 Å². The molecule has 0 atom stereocenters. The van der Waals surface area contributed by atoms with Gasteiger partial charge in [0.25, 0.3) is 0 Å². The highest BCUT2D eigenvalue weighted by Crippen LogP contribution is 2.44. The van der Waals surface area contributed by atoms with Crippen molar-refractivity contribution in [3.05, 3.63) is 58.7 Å². The average molecular weight is 553 g/mol. The van der Waals surface area contributed by atoms with E-state index in [2.05, 4.69) is 53.7 Å². The summed E-state index contributed by atoms with van der Waals surface area (Å²) < 4.78 is 23.5. The van der Waals surface area contributed by atoms with Gasteiger partial charge >= 0.3 is 0 Å². The fourth-order valence-corrected chi connectivity index (χ4v) is 5.67. The van der Waals surface area contributed by atoms with Gasteiger partial charge in [0.1, 0.15) is 11.5 Å². The van der Waals surface area contributed by atoms with Crippen LogP contribution in [-0.4, -0.2) is 36.6 Å². The van der Waals surface area contributed by atoms with Crippen molar-refractivity contribution in [1.82, 2.24) is 0 Å². The van der Waals surface area contributed by atoms with Gasteiger partial charge in [0.15, 0.2) is 12.6 Å². The monoisotopic (exact) mass is 552 g/mol. The van der Waals surface area contributed by atoms with E-state index in [9.17, 15) is 10.2 Å². The number of phenolic OH excluding ortho intramolecular Hbond substituents is 2. The summed E-state index contributed by atoms with van der Waals surface area (Å²) in [4.78, 5) is 0. The number of rotatable bonds is 4. The minimum Gasteiger partial charge on any atom is -0.508 e. The molecule has 2 heterocycles. The van der Waals surface area contributed by atoms with E-state index in [0.717, 1.165) is 60.5 Å². The molecular formula is C34H48O6. The molecule has 2 saturated carbocycles. The SMILES string of the molecule is CC(C)(C)c1cc(C2OCC(C3CC3)CO2)cc(C(C)(C)C)c1O.Oc1ccc(C2OCC(C3CC3)CO2)cc1. The van der Waals surface area contributed by atoms with Crippen LogP contribution in [0.15, 0.2) is 36.4 Å². The molecule has 6 nitrogen and oxygen atoms in total. The molecule has 2 aliphatic carbocycles. The van der Waals surface area contributed by atoms with Gasteiger partial charge in [0, 0.05) is 23.0 Å². The lowest BCUT2D eigenvalue weighted by atomic mass is 9.78. The van der Waals surface area contributed by atoms with E-state index >= 15 is 0 Å². The van der Waals surface area contributed by atoms with Crippen molar-refractivity contribution < 1.29 is 29.2 Å². The lowest BCUT2D eigenvalue weighted by Crippen LogP contribution is -2.29. The molecular weight excluding hydrogens is 504 g/mol. The Morgan fingerprint density at radius 1 is 0.550 bits per heavy atom.